The van der Waals surface area contributed by atoms with Crippen molar-refractivity contribution in [3.05, 3.63) is 12.7 Å². The summed E-state index contributed by atoms with van der Waals surface area (Å²) in [6.45, 7) is 3.44. The van der Waals surface area contributed by atoms with Crippen molar-refractivity contribution in [2.75, 3.05) is 26.7 Å². The molecule has 0 aromatic carbocycles. The van der Waals surface area contributed by atoms with Crippen LogP contribution in [0.1, 0.15) is 19.3 Å². The van der Waals surface area contributed by atoms with Crippen LogP contribution in [0.3, 0.4) is 0 Å². The molecule has 1 saturated heterocycles. The summed E-state index contributed by atoms with van der Waals surface area (Å²) in [6, 6.07) is 0. The predicted octanol–water partition coefficient (Wildman–Crippen LogP) is 0.940. The van der Waals surface area contributed by atoms with Gasteiger partial charge in [-0.2, -0.15) is 4.98 Å². The number of aromatic nitrogens is 4. The Kier molecular flexibility index (Phi) is 3.20. The van der Waals surface area contributed by atoms with Gasteiger partial charge in [-0.05, 0) is 19.3 Å². The van der Waals surface area contributed by atoms with Crippen LogP contribution in [0.5, 0.6) is 0 Å². The second-order valence-electron chi connectivity index (χ2n) is 5.43. The van der Waals surface area contributed by atoms with Crippen LogP contribution in [-0.4, -0.2) is 51.4 Å². The van der Waals surface area contributed by atoms with Crippen LogP contribution in [0.15, 0.2) is 12.7 Å². The average molecular weight is 262 g/mol. The van der Waals surface area contributed by atoms with E-state index < -0.39 is 0 Å². The Bertz CT molecular complexity index is 575. The van der Waals surface area contributed by atoms with E-state index in [1.165, 1.54) is 0 Å². The van der Waals surface area contributed by atoms with Gasteiger partial charge >= 0.3 is 0 Å². The highest BCUT2D eigenvalue weighted by Gasteiger charge is 2.43. The quantitative estimate of drug-likeness (QED) is 0.478. The summed E-state index contributed by atoms with van der Waals surface area (Å²) in [4.78, 5) is 13.3. The lowest BCUT2D eigenvalue weighted by Gasteiger charge is -2.09. The summed E-state index contributed by atoms with van der Waals surface area (Å²) in [5, 5.41) is 8.79. The van der Waals surface area contributed by atoms with Gasteiger partial charge in [-0.3, -0.25) is 4.48 Å². The molecule has 2 aromatic heterocycles. The van der Waals surface area contributed by atoms with E-state index in [0.29, 0.717) is 0 Å². The highest BCUT2D eigenvalue weighted by Crippen LogP contribution is 2.32. The lowest BCUT2D eigenvalue weighted by molar-refractivity contribution is 0.282. The van der Waals surface area contributed by atoms with E-state index in [2.05, 4.69) is 26.6 Å². The number of unbranched alkanes of at least 4 members (excludes halogenated alkanes) is 2. The molecule has 3 heterocycles. The van der Waals surface area contributed by atoms with Crippen molar-refractivity contribution in [1.82, 2.24) is 24.0 Å². The van der Waals surface area contributed by atoms with Crippen LogP contribution < -0.4 is 4.48 Å². The lowest BCUT2D eigenvalue weighted by Crippen LogP contribution is -2.20. The van der Waals surface area contributed by atoms with Crippen LogP contribution in [0, 0.1) is 0 Å². The standard InChI is InChI=1S/C13H20N5O/c1-18(6-7-18)13-11-12(14-9-15-13)17(10-16-11)5-3-2-4-8-19/h9-10,19H,2-8H2,1H3/q+1. The molecule has 0 radical (unpaired) electrons. The Morgan fingerprint density at radius 3 is 2.79 bits per heavy atom. The lowest BCUT2D eigenvalue weighted by atomic mass is 10.2. The molecule has 1 fully saturated rings. The molecule has 6 nitrogen and oxygen atoms in total. The topological polar surface area (TPSA) is 63.8 Å². The number of quaternary nitrogens is 1. The third kappa shape index (κ3) is 2.33. The number of fused-ring (bicyclic) bond motifs is 1. The SMILES string of the molecule is C[N+]1(c2ncnc3c2ncn3CCCCCO)CC1. The average Bonchev–Trinajstić information content (AvgIpc) is 3.04. The molecule has 19 heavy (non-hydrogen) atoms. The fourth-order valence-electron chi connectivity index (χ4n) is 2.36. The Hall–Kier alpha value is -1.53. The normalized spacial score (nSPS) is 16.9. The smallest absolute Gasteiger partial charge is 0.259 e. The zero-order chi connectivity index (χ0) is 13.3. The number of aliphatic hydroxyl groups excluding tert-OH is 1. The Morgan fingerprint density at radius 2 is 2.05 bits per heavy atom. The van der Waals surface area contributed by atoms with Gasteiger partial charge in [0.15, 0.2) is 11.2 Å². The maximum absolute atomic E-state index is 8.79. The molecule has 1 aliphatic heterocycles. The van der Waals surface area contributed by atoms with Gasteiger partial charge in [0.05, 0.1) is 13.4 Å². The van der Waals surface area contributed by atoms with Crippen molar-refractivity contribution in [3.63, 3.8) is 0 Å². The minimum absolute atomic E-state index is 0.271. The molecule has 1 aliphatic rings. The fraction of sp³-hybridized carbons (Fsp3) is 0.615. The Morgan fingerprint density at radius 1 is 1.21 bits per heavy atom. The van der Waals surface area contributed by atoms with Gasteiger partial charge in [-0.25, -0.2) is 9.97 Å². The zero-order valence-electron chi connectivity index (χ0n) is 11.3. The molecule has 0 unspecified atom stereocenters. The molecule has 2 aromatic rings. The summed E-state index contributed by atoms with van der Waals surface area (Å²) in [5.74, 6) is 1.04. The maximum Gasteiger partial charge on any atom is 0.259 e. The zero-order valence-corrected chi connectivity index (χ0v) is 11.3. The van der Waals surface area contributed by atoms with Crippen molar-refractivity contribution >= 4 is 17.0 Å². The molecule has 0 spiro atoms. The van der Waals surface area contributed by atoms with Crippen LogP contribution in [0.2, 0.25) is 0 Å². The highest BCUT2D eigenvalue weighted by molar-refractivity contribution is 5.82. The number of nitrogens with zero attached hydrogens (tertiary/aromatic N) is 5. The number of likely N-dealkylation sites (N-methyl/N-ethyl adjacent to an activating group) is 1. The number of aryl methyl sites for hydroxylation is 1. The Labute approximate surface area is 112 Å². The van der Waals surface area contributed by atoms with Gasteiger partial charge in [0.25, 0.3) is 5.82 Å². The first-order valence-corrected chi connectivity index (χ1v) is 6.86. The van der Waals surface area contributed by atoms with Gasteiger partial charge < -0.3 is 9.67 Å². The molecule has 0 aliphatic carbocycles. The molecule has 0 amide bonds. The first kappa shape index (κ1) is 12.5. The molecule has 3 rings (SSSR count). The first-order valence-electron chi connectivity index (χ1n) is 6.86. The minimum atomic E-state index is 0.271. The molecule has 6 heteroatoms. The maximum atomic E-state index is 8.79. The number of hydrogen-bond donors (Lipinski definition) is 1. The predicted molar refractivity (Wildman–Crippen MR) is 73.7 cm³/mol. The van der Waals surface area contributed by atoms with Crippen LogP contribution in [-0.2, 0) is 6.54 Å². The van der Waals surface area contributed by atoms with Gasteiger partial charge in [0.1, 0.15) is 19.4 Å². The van der Waals surface area contributed by atoms with Crippen molar-refractivity contribution in [3.8, 4) is 0 Å². The van der Waals surface area contributed by atoms with E-state index in [0.717, 1.165) is 60.4 Å². The van der Waals surface area contributed by atoms with Gasteiger partial charge in [-0.15, -0.1) is 0 Å². The van der Waals surface area contributed by atoms with Crippen LogP contribution >= 0.6 is 0 Å². The molecule has 0 atom stereocenters. The second-order valence-corrected chi connectivity index (χ2v) is 5.43. The molecule has 0 bridgehead atoms. The summed E-state index contributed by atoms with van der Waals surface area (Å²) in [7, 11) is 2.18. The number of rotatable bonds is 6. The fourth-order valence-corrected chi connectivity index (χ4v) is 2.36. The van der Waals surface area contributed by atoms with E-state index in [-0.39, 0.29) is 6.61 Å². The molecular weight excluding hydrogens is 242 g/mol. The highest BCUT2D eigenvalue weighted by atomic mass is 16.2. The monoisotopic (exact) mass is 262 g/mol. The number of hydrogen-bond acceptors (Lipinski definition) is 4. The molecule has 0 saturated carbocycles. The van der Waals surface area contributed by atoms with E-state index in [1.54, 1.807) is 6.33 Å². The summed E-state index contributed by atoms with van der Waals surface area (Å²) in [5.41, 5.74) is 1.87. The van der Waals surface area contributed by atoms with Crippen LogP contribution in [0.25, 0.3) is 11.2 Å². The van der Waals surface area contributed by atoms with E-state index in [1.807, 2.05) is 6.33 Å². The third-order valence-electron chi connectivity index (χ3n) is 3.84. The largest absolute Gasteiger partial charge is 0.396 e. The number of imidazole rings is 1. The van der Waals surface area contributed by atoms with Gasteiger partial charge in [-0.1, -0.05) is 0 Å². The van der Waals surface area contributed by atoms with E-state index in [4.69, 9.17) is 5.11 Å². The first-order chi connectivity index (χ1) is 9.24. The van der Waals surface area contributed by atoms with Gasteiger partial charge in [0, 0.05) is 13.2 Å². The summed E-state index contributed by atoms with van der Waals surface area (Å²) >= 11 is 0. The summed E-state index contributed by atoms with van der Waals surface area (Å²) in [6.07, 6.45) is 6.43. The Balaban J connectivity index is 1.83. The third-order valence-corrected chi connectivity index (χ3v) is 3.84. The number of aliphatic hydroxyl groups is 1. The molecular formula is C13H20N5O+. The van der Waals surface area contributed by atoms with Crippen LogP contribution in [0.4, 0.5) is 5.82 Å². The van der Waals surface area contributed by atoms with E-state index >= 15 is 0 Å². The van der Waals surface area contributed by atoms with Crippen molar-refractivity contribution in [2.45, 2.75) is 25.8 Å². The van der Waals surface area contributed by atoms with E-state index in [9.17, 15) is 0 Å². The molecule has 1 N–H and O–H groups in total. The molecule has 102 valence electrons. The van der Waals surface area contributed by atoms with Gasteiger partial charge in [0.2, 0.25) is 0 Å². The van der Waals surface area contributed by atoms with Crippen molar-refractivity contribution in [1.29, 1.82) is 0 Å². The minimum Gasteiger partial charge on any atom is -0.396 e. The van der Waals surface area contributed by atoms with Crippen molar-refractivity contribution < 1.29 is 5.11 Å². The second kappa shape index (κ2) is 4.86. The summed E-state index contributed by atoms with van der Waals surface area (Å²) < 4.78 is 2.97. The van der Waals surface area contributed by atoms with Crippen molar-refractivity contribution in [2.24, 2.45) is 0 Å².